The molecular weight excluding hydrogens is 446 g/mol. The van der Waals surface area contributed by atoms with Crippen LogP contribution >= 0.6 is 23.4 Å². The van der Waals surface area contributed by atoms with E-state index in [1.54, 1.807) is 31.4 Å². The van der Waals surface area contributed by atoms with Gasteiger partial charge in [0.2, 0.25) is 5.91 Å². The van der Waals surface area contributed by atoms with Gasteiger partial charge in [0.05, 0.1) is 29.0 Å². The highest BCUT2D eigenvalue weighted by Crippen LogP contribution is 2.31. The number of nitrogens with zero attached hydrogens (tertiary/aromatic N) is 3. The third kappa shape index (κ3) is 4.50. The van der Waals surface area contributed by atoms with Crippen molar-refractivity contribution in [3.05, 3.63) is 57.8 Å². The molecule has 1 unspecified atom stereocenters. The van der Waals surface area contributed by atoms with Gasteiger partial charge in [-0.05, 0) is 56.0 Å². The van der Waals surface area contributed by atoms with E-state index < -0.39 is 5.25 Å². The van der Waals surface area contributed by atoms with Gasteiger partial charge in [-0.3, -0.25) is 14.2 Å². The van der Waals surface area contributed by atoms with Gasteiger partial charge in [0.1, 0.15) is 5.75 Å². The number of amides is 1. The molecule has 0 saturated carbocycles. The summed E-state index contributed by atoms with van der Waals surface area (Å²) in [4.78, 5) is 33.3. The number of hydrogen-bond donors (Lipinski definition) is 0. The van der Waals surface area contributed by atoms with E-state index in [2.05, 4.69) is 6.92 Å². The number of aromatic nitrogens is 2. The molecule has 8 heteroatoms. The second-order valence-electron chi connectivity index (χ2n) is 8.14. The summed E-state index contributed by atoms with van der Waals surface area (Å²) < 4.78 is 7.04. The monoisotopic (exact) mass is 471 g/mol. The molecule has 0 N–H and O–H groups in total. The maximum Gasteiger partial charge on any atom is 0.266 e. The molecule has 0 spiro atoms. The number of thioether (sulfide) groups is 1. The maximum absolute atomic E-state index is 13.5. The lowest BCUT2D eigenvalue weighted by Crippen LogP contribution is -2.42. The summed E-state index contributed by atoms with van der Waals surface area (Å²) in [6, 6.07) is 12.3. The summed E-state index contributed by atoms with van der Waals surface area (Å²) in [6.45, 7) is 5.62. The lowest BCUT2D eigenvalue weighted by atomic mass is 9.99. The molecule has 0 aliphatic carbocycles. The molecule has 4 rings (SSSR count). The smallest absolute Gasteiger partial charge is 0.266 e. The SMILES string of the molecule is COc1ccccc1-n1c(SC(C)C(=O)N2CCC(C)CC2)nc2cc(Cl)ccc2c1=O. The minimum absolute atomic E-state index is 0.0638. The quantitative estimate of drug-likeness (QED) is 0.395. The van der Waals surface area contributed by atoms with Crippen LogP contribution in [-0.2, 0) is 4.79 Å². The Morgan fingerprint density at radius 2 is 1.94 bits per heavy atom. The fraction of sp³-hybridized carbons (Fsp3) is 0.375. The fourth-order valence-electron chi connectivity index (χ4n) is 3.94. The molecule has 168 valence electrons. The third-order valence-electron chi connectivity index (χ3n) is 5.85. The lowest BCUT2D eigenvalue weighted by Gasteiger charge is -2.32. The number of ether oxygens (including phenoxy) is 1. The number of piperidine rings is 1. The topological polar surface area (TPSA) is 64.4 Å². The van der Waals surface area contributed by atoms with E-state index in [0.717, 1.165) is 25.9 Å². The van der Waals surface area contributed by atoms with Crippen LogP contribution < -0.4 is 10.3 Å². The van der Waals surface area contributed by atoms with Gasteiger partial charge in [0.15, 0.2) is 5.16 Å². The van der Waals surface area contributed by atoms with E-state index in [1.807, 2.05) is 30.0 Å². The number of halogens is 1. The van der Waals surface area contributed by atoms with Gasteiger partial charge in [-0.2, -0.15) is 0 Å². The van der Waals surface area contributed by atoms with Crippen molar-refractivity contribution in [2.24, 2.45) is 5.92 Å². The van der Waals surface area contributed by atoms with Crippen LogP contribution in [0.15, 0.2) is 52.4 Å². The summed E-state index contributed by atoms with van der Waals surface area (Å²) in [7, 11) is 1.56. The Morgan fingerprint density at radius 3 is 2.66 bits per heavy atom. The van der Waals surface area contributed by atoms with Crippen LogP contribution in [0.1, 0.15) is 26.7 Å². The van der Waals surface area contributed by atoms with E-state index in [-0.39, 0.29) is 11.5 Å². The molecule has 1 fully saturated rings. The highest BCUT2D eigenvalue weighted by molar-refractivity contribution is 8.00. The molecule has 2 heterocycles. The van der Waals surface area contributed by atoms with Crippen LogP contribution in [0.3, 0.4) is 0 Å². The van der Waals surface area contributed by atoms with Crippen LogP contribution in [0.5, 0.6) is 5.75 Å². The number of benzene rings is 2. The van der Waals surface area contributed by atoms with Gasteiger partial charge in [0.25, 0.3) is 5.56 Å². The van der Waals surface area contributed by atoms with E-state index in [9.17, 15) is 9.59 Å². The van der Waals surface area contributed by atoms with E-state index in [0.29, 0.717) is 38.4 Å². The Labute approximate surface area is 196 Å². The summed E-state index contributed by atoms with van der Waals surface area (Å²) in [5.74, 6) is 1.26. The molecule has 3 aromatic rings. The zero-order chi connectivity index (χ0) is 22.8. The van der Waals surface area contributed by atoms with Gasteiger partial charge in [0, 0.05) is 18.1 Å². The standard InChI is InChI=1S/C24H26ClN3O3S/c1-15-10-12-27(13-11-15)22(29)16(2)32-24-26-19-14-17(25)8-9-18(19)23(30)28(24)20-6-4-5-7-21(20)31-3/h4-9,14-16H,10-13H2,1-3H3. The molecule has 1 atom stereocenters. The van der Waals surface area contributed by atoms with Crippen LogP contribution in [0.2, 0.25) is 5.02 Å². The lowest BCUT2D eigenvalue weighted by molar-refractivity contribution is -0.131. The molecule has 1 saturated heterocycles. The van der Waals surface area contributed by atoms with Gasteiger partial charge in [-0.25, -0.2) is 4.98 Å². The van der Waals surface area contributed by atoms with Crippen molar-refractivity contribution in [1.82, 2.24) is 14.5 Å². The Kier molecular flexibility index (Phi) is 6.76. The van der Waals surface area contributed by atoms with Crippen LogP contribution in [0.4, 0.5) is 0 Å². The highest BCUT2D eigenvalue weighted by Gasteiger charge is 2.27. The average Bonchev–Trinajstić information content (AvgIpc) is 2.79. The first kappa shape index (κ1) is 22.7. The molecular formula is C24H26ClN3O3S. The van der Waals surface area contributed by atoms with Crippen molar-refractivity contribution in [1.29, 1.82) is 0 Å². The molecule has 0 bridgehead atoms. The van der Waals surface area contributed by atoms with Crippen LogP contribution in [0.25, 0.3) is 16.6 Å². The molecule has 1 amide bonds. The normalized spacial score (nSPS) is 15.7. The molecule has 0 radical (unpaired) electrons. The van der Waals surface area contributed by atoms with Gasteiger partial charge >= 0.3 is 0 Å². The number of fused-ring (bicyclic) bond motifs is 1. The number of para-hydroxylation sites is 2. The van der Waals surface area contributed by atoms with Crippen molar-refractivity contribution in [3.63, 3.8) is 0 Å². The first-order valence-electron chi connectivity index (χ1n) is 10.7. The van der Waals surface area contributed by atoms with Crippen molar-refractivity contribution >= 4 is 40.2 Å². The zero-order valence-corrected chi connectivity index (χ0v) is 19.9. The van der Waals surface area contributed by atoms with E-state index >= 15 is 0 Å². The fourth-order valence-corrected chi connectivity index (χ4v) is 5.11. The average molecular weight is 472 g/mol. The third-order valence-corrected chi connectivity index (χ3v) is 7.13. The Bertz CT molecular complexity index is 1200. The minimum Gasteiger partial charge on any atom is -0.495 e. The molecule has 1 aliphatic heterocycles. The predicted molar refractivity (Wildman–Crippen MR) is 129 cm³/mol. The van der Waals surface area contributed by atoms with E-state index in [4.69, 9.17) is 21.3 Å². The molecule has 32 heavy (non-hydrogen) atoms. The van der Waals surface area contributed by atoms with Crippen LogP contribution in [-0.4, -0.2) is 45.8 Å². The van der Waals surface area contributed by atoms with Crippen molar-refractivity contribution < 1.29 is 9.53 Å². The number of hydrogen-bond acceptors (Lipinski definition) is 5. The first-order chi connectivity index (χ1) is 15.4. The molecule has 1 aliphatic rings. The number of carbonyl (C=O) groups is 1. The Morgan fingerprint density at radius 1 is 1.22 bits per heavy atom. The summed E-state index contributed by atoms with van der Waals surface area (Å²) in [6.07, 6.45) is 2.03. The zero-order valence-electron chi connectivity index (χ0n) is 18.4. The predicted octanol–water partition coefficient (Wildman–Crippen LogP) is 4.79. The molecule has 1 aromatic heterocycles. The number of rotatable bonds is 5. The van der Waals surface area contributed by atoms with Crippen molar-refractivity contribution in [2.45, 2.75) is 37.1 Å². The number of carbonyl (C=O) groups excluding carboxylic acids is 1. The van der Waals surface area contributed by atoms with Gasteiger partial charge < -0.3 is 9.64 Å². The largest absolute Gasteiger partial charge is 0.495 e. The summed E-state index contributed by atoms with van der Waals surface area (Å²) in [5, 5.41) is 0.990. The number of methoxy groups -OCH3 is 1. The highest BCUT2D eigenvalue weighted by atomic mass is 35.5. The number of likely N-dealkylation sites (tertiary alicyclic amines) is 1. The van der Waals surface area contributed by atoms with Crippen molar-refractivity contribution in [3.8, 4) is 11.4 Å². The molecule has 2 aromatic carbocycles. The van der Waals surface area contributed by atoms with Crippen LogP contribution in [0, 0.1) is 5.92 Å². The van der Waals surface area contributed by atoms with Gasteiger partial charge in [-0.15, -0.1) is 0 Å². The Balaban J connectivity index is 1.78. The summed E-state index contributed by atoms with van der Waals surface area (Å²) in [5.41, 5.74) is 0.853. The second kappa shape index (κ2) is 9.55. The summed E-state index contributed by atoms with van der Waals surface area (Å²) >= 11 is 7.44. The van der Waals surface area contributed by atoms with Crippen molar-refractivity contribution in [2.75, 3.05) is 20.2 Å². The first-order valence-corrected chi connectivity index (χ1v) is 12.0. The second-order valence-corrected chi connectivity index (χ2v) is 9.88. The molecule has 6 nitrogen and oxygen atoms in total. The maximum atomic E-state index is 13.5. The van der Waals surface area contributed by atoms with E-state index in [1.165, 1.54) is 16.3 Å². The van der Waals surface area contributed by atoms with Gasteiger partial charge in [-0.1, -0.05) is 42.4 Å². The Hall–Kier alpha value is -2.51. The minimum atomic E-state index is -0.395.